The van der Waals surface area contributed by atoms with Crippen molar-refractivity contribution in [2.75, 3.05) is 0 Å². The Bertz CT molecular complexity index is 380. The molecule has 88 valence electrons. The van der Waals surface area contributed by atoms with Crippen molar-refractivity contribution in [3.05, 3.63) is 10.6 Å². The fourth-order valence-corrected chi connectivity index (χ4v) is 2.51. The molecule has 6 heteroatoms. The van der Waals surface area contributed by atoms with Gasteiger partial charge in [-0.1, -0.05) is 17.3 Å². The van der Waals surface area contributed by atoms with Crippen LogP contribution in [0.1, 0.15) is 41.0 Å². The molecule has 1 aromatic heterocycles. The summed E-state index contributed by atoms with van der Waals surface area (Å²) in [5.74, 6) is -0.168. The largest absolute Gasteiger partial charge is 0.391 e. The van der Waals surface area contributed by atoms with Crippen molar-refractivity contribution in [2.24, 2.45) is 0 Å². The maximum absolute atomic E-state index is 11.8. The lowest BCUT2D eigenvalue weighted by molar-refractivity contribution is 0.0719. The predicted molar refractivity (Wildman–Crippen MR) is 60.4 cm³/mol. The van der Waals surface area contributed by atoms with Gasteiger partial charge in [0, 0.05) is 0 Å². The van der Waals surface area contributed by atoms with Crippen LogP contribution in [0.2, 0.25) is 0 Å². The first-order valence-electron chi connectivity index (χ1n) is 5.46. The molecule has 1 aromatic rings. The Morgan fingerprint density at radius 3 is 2.88 bits per heavy atom. The van der Waals surface area contributed by atoms with Gasteiger partial charge in [-0.15, -0.1) is 5.10 Å². The number of amides is 1. The van der Waals surface area contributed by atoms with Gasteiger partial charge in [0.2, 0.25) is 0 Å². The van der Waals surface area contributed by atoms with E-state index in [9.17, 15) is 9.90 Å². The van der Waals surface area contributed by atoms with E-state index < -0.39 is 6.10 Å². The number of nitrogens with zero attached hydrogens (tertiary/aromatic N) is 2. The molecule has 1 heterocycles. The number of aromatic nitrogens is 2. The van der Waals surface area contributed by atoms with Gasteiger partial charge in [-0.05, 0) is 31.3 Å². The summed E-state index contributed by atoms with van der Waals surface area (Å²) in [6, 6.07) is -0.122. The average Bonchev–Trinajstić information content (AvgIpc) is 2.68. The second-order valence-corrected chi connectivity index (χ2v) is 4.87. The lowest BCUT2D eigenvalue weighted by atomic mass is 9.92. The molecule has 2 N–H and O–H groups in total. The SMILES string of the molecule is Cc1nnsc1C(=O)NC1CCCCC1O. The molecule has 2 atom stereocenters. The Morgan fingerprint density at radius 2 is 2.25 bits per heavy atom. The smallest absolute Gasteiger partial charge is 0.265 e. The van der Waals surface area contributed by atoms with E-state index in [4.69, 9.17) is 0 Å². The van der Waals surface area contributed by atoms with Crippen LogP contribution in [0.5, 0.6) is 0 Å². The topological polar surface area (TPSA) is 75.1 Å². The molecule has 5 nitrogen and oxygen atoms in total. The lowest BCUT2D eigenvalue weighted by Crippen LogP contribution is -2.45. The molecular formula is C10H15N3O2S. The van der Waals surface area contributed by atoms with Crippen molar-refractivity contribution in [1.29, 1.82) is 0 Å². The molecule has 2 unspecified atom stereocenters. The van der Waals surface area contributed by atoms with Crippen molar-refractivity contribution < 1.29 is 9.90 Å². The predicted octanol–water partition coefficient (Wildman–Crippen LogP) is 0.880. The van der Waals surface area contributed by atoms with Crippen LogP contribution in [0.3, 0.4) is 0 Å². The second kappa shape index (κ2) is 4.88. The second-order valence-electron chi connectivity index (χ2n) is 4.12. The highest BCUT2D eigenvalue weighted by molar-refractivity contribution is 7.08. The van der Waals surface area contributed by atoms with E-state index in [-0.39, 0.29) is 11.9 Å². The number of carbonyl (C=O) groups excluding carboxylic acids is 1. The molecule has 1 saturated carbocycles. The minimum atomic E-state index is -0.418. The zero-order chi connectivity index (χ0) is 11.5. The van der Waals surface area contributed by atoms with Gasteiger partial charge in [-0.3, -0.25) is 4.79 Å². The molecule has 0 saturated heterocycles. The quantitative estimate of drug-likeness (QED) is 0.806. The van der Waals surface area contributed by atoms with E-state index >= 15 is 0 Å². The van der Waals surface area contributed by atoms with E-state index in [0.29, 0.717) is 10.6 Å². The maximum atomic E-state index is 11.8. The third-order valence-corrected chi connectivity index (χ3v) is 3.73. The van der Waals surface area contributed by atoms with Crippen LogP contribution in [-0.2, 0) is 0 Å². The standard InChI is InChI=1S/C10H15N3O2S/c1-6-9(16-13-12-6)10(15)11-7-4-2-3-5-8(7)14/h7-8,14H,2-5H2,1H3,(H,11,15). The van der Waals surface area contributed by atoms with Crippen molar-refractivity contribution >= 4 is 17.4 Å². The van der Waals surface area contributed by atoms with Gasteiger partial charge in [0.25, 0.3) is 5.91 Å². The monoisotopic (exact) mass is 241 g/mol. The van der Waals surface area contributed by atoms with E-state index in [1.165, 1.54) is 0 Å². The maximum Gasteiger partial charge on any atom is 0.265 e. The van der Waals surface area contributed by atoms with Crippen LogP contribution in [0.15, 0.2) is 0 Å². The summed E-state index contributed by atoms with van der Waals surface area (Å²) >= 11 is 1.09. The molecule has 0 aromatic carbocycles. The van der Waals surface area contributed by atoms with Crippen molar-refractivity contribution in [3.63, 3.8) is 0 Å². The number of aryl methyl sites for hydroxylation is 1. The number of aliphatic hydroxyl groups is 1. The minimum absolute atomic E-state index is 0.122. The summed E-state index contributed by atoms with van der Waals surface area (Å²) in [7, 11) is 0. The van der Waals surface area contributed by atoms with Crippen LogP contribution in [0.25, 0.3) is 0 Å². The van der Waals surface area contributed by atoms with E-state index in [2.05, 4.69) is 14.9 Å². The summed E-state index contributed by atoms with van der Waals surface area (Å²) in [5.41, 5.74) is 0.646. The summed E-state index contributed by atoms with van der Waals surface area (Å²) in [4.78, 5) is 12.4. The van der Waals surface area contributed by atoms with Gasteiger partial charge in [-0.2, -0.15) is 0 Å². The Labute approximate surface area is 98.0 Å². The number of rotatable bonds is 2. The minimum Gasteiger partial charge on any atom is -0.391 e. The summed E-state index contributed by atoms with van der Waals surface area (Å²) in [5, 5.41) is 16.4. The first-order valence-corrected chi connectivity index (χ1v) is 6.23. The number of aliphatic hydroxyl groups excluding tert-OH is 1. The van der Waals surface area contributed by atoms with Crippen LogP contribution >= 0.6 is 11.5 Å². The highest BCUT2D eigenvalue weighted by Gasteiger charge is 2.26. The number of nitrogens with one attached hydrogen (secondary N) is 1. The number of carbonyl (C=O) groups is 1. The van der Waals surface area contributed by atoms with Crippen LogP contribution < -0.4 is 5.32 Å². The summed E-state index contributed by atoms with van der Waals surface area (Å²) in [6.45, 7) is 1.76. The van der Waals surface area contributed by atoms with Crippen LogP contribution in [-0.4, -0.2) is 32.7 Å². The van der Waals surface area contributed by atoms with Gasteiger partial charge in [-0.25, -0.2) is 0 Å². The van der Waals surface area contributed by atoms with Crippen LogP contribution in [0.4, 0.5) is 0 Å². The lowest BCUT2D eigenvalue weighted by Gasteiger charge is -2.28. The van der Waals surface area contributed by atoms with E-state index in [1.807, 2.05) is 0 Å². The fraction of sp³-hybridized carbons (Fsp3) is 0.700. The highest BCUT2D eigenvalue weighted by Crippen LogP contribution is 2.19. The highest BCUT2D eigenvalue weighted by atomic mass is 32.1. The van der Waals surface area contributed by atoms with E-state index in [1.54, 1.807) is 6.92 Å². The van der Waals surface area contributed by atoms with Gasteiger partial charge in [0.05, 0.1) is 17.8 Å². The Kier molecular flexibility index (Phi) is 3.50. The molecule has 1 aliphatic carbocycles. The zero-order valence-electron chi connectivity index (χ0n) is 9.14. The van der Waals surface area contributed by atoms with Gasteiger partial charge in [0.15, 0.2) is 0 Å². The molecule has 1 aliphatic rings. The number of hydrogen-bond donors (Lipinski definition) is 2. The number of hydrogen-bond acceptors (Lipinski definition) is 5. The molecular weight excluding hydrogens is 226 g/mol. The molecule has 0 bridgehead atoms. The molecule has 2 rings (SSSR count). The average molecular weight is 241 g/mol. The van der Waals surface area contributed by atoms with Crippen molar-refractivity contribution in [3.8, 4) is 0 Å². The zero-order valence-corrected chi connectivity index (χ0v) is 9.96. The molecule has 0 aliphatic heterocycles. The Balaban J connectivity index is 1.99. The molecule has 1 fully saturated rings. The van der Waals surface area contributed by atoms with Crippen LogP contribution in [0, 0.1) is 6.92 Å². The van der Waals surface area contributed by atoms with Crippen molar-refractivity contribution in [2.45, 2.75) is 44.8 Å². The molecule has 16 heavy (non-hydrogen) atoms. The molecule has 0 radical (unpaired) electrons. The van der Waals surface area contributed by atoms with Gasteiger partial charge < -0.3 is 10.4 Å². The molecule has 0 spiro atoms. The van der Waals surface area contributed by atoms with Gasteiger partial charge in [0.1, 0.15) is 4.88 Å². The third-order valence-electron chi connectivity index (χ3n) is 2.90. The first-order chi connectivity index (χ1) is 7.68. The molecule has 1 amide bonds. The Hall–Kier alpha value is -1.01. The van der Waals surface area contributed by atoms with E-state index in [0.717, 1.165) is 37.2 Å². The fourth-order valence-electron chi connectivity index (χ4n) is 1.95. The third kappa shape index (κ3) is 2.38. The Morgan fingerprint density at radius 1 is 1.50 bits per heavy atom. The first kappa shape index (κ1) is 11.5. The van der Waals surface area contributed by atoms with Gasteiger partial charge >= 0.3 is 0 Å². The summed E-state index contributed by atoms with van der Waals surface area (Å²) < 4.78 is 3.72. The normalized spacial score (nSPS) is 25.4. The van der Waals surface area contributed by atoms with Crippen molar-refractivity contribution in [1.82, 2.24) is 14.9 Å². The summed E-state index contributed by atoms with van der Waals surface area (Å²) in [6.07, 6.45) is 3.29.